The van der Waals surface area contributed by atoms with E-state index in [1.165, 1.54) is 6.26 Å². The highest BCUT2D eigenvalue weighted by atomic mass is 16.7. The summed E-state index contributed by atoms with van der Waals surface area (Å²) < 4.78 is 16.1. The molecule has 0 unspecified atom stereocenters. The fourth-order valence-corrected chi connectivity index (χ4v) is 1.66. The van der Waals surface area contributed by atoms with E-state index in [-0.39, 0.29) is 6.61 Å². The lowest BCUT2D eigenvalue weighted by molar-refractivity contribution is -0.194. The lowest BCUT2D eigenvalue weighted by Gasteiger charge is -2.32. The van der Waals surface area contributed by atoms with Crippen molar-refractivity contribution in [1.82, 2.24) is 0 Å². The van der Waals surface area contributed by atoms with Crippen LogP contribution in [0, 0.1) is 0 Å². The molecule has 1 aliphatic heterocycles. The van der Waals surface area contributed by atoms with Crippen LogP contribution in [0.2, 0.25) is 0 Å². The minimum atomic E-state index is -1.54. The standard InChI is InChI=1S/C12H10O4/c13-12(11-6-3-7-14-11)8-15-9-4-1-2-5-10(9)16-12/h1-7,13H,8H2/t12-/m1/s1. The molecule has 0 saturated heterocycles. The quantitative estimate of drug-likeness (QED) is 0.794. The Morgan fingerprint density at radius 3 is 2.62 bits per heavy atom. The Morgan fingerprint density at radius 1 is 1.06 bits per heavy atom. The molecule has 1 aromatic carbocycles. The van der Waals surface area contributed by atoms with Crippen LogP contribution in [0.3, 0.4) is 0 Å². The van der Waals surface area contributed by atoms with Gasteiger partial charge >= 0.3 is 5.79 Å². The van der Waals surface area contributed by atoms with Crippen LogP contribution >= 0.6 is 0 Å². The zero-order valence-electron chi connectivity index (χ0n) is 8.42. The van der Waals surface area contributed by atoms with E-state index in [0.29, 0.717) is 17.3 Å². The molecular formula is C12H10O4. The van der Waals surface area contributed by atoms with Crippen molar-refractivity contribution in [2.75, 3.05) is 6.61 Å². The largest absolute Gasteiger partial charge is 0.482 e. The number of benzene rings is 1. The summed E-state index contributed by atoms with van der Waals surface area (Å²) in [6.45, 7) is 0.0114. The summed E-state index contributed by atoms with van der Waals surface area (Å²) in [5.74, 6) is -0.0777. The maximum absolute atomic E-state index is 10.2. The van der Waals surface area contributed by atoms with Gasteiger partial charge in [-0.15, -0.1) is 0 Å². The molecule has 0 spiro atoms. The van der Waals surface area contributed by atoms with Gasteiger partial charge in [-0.3, -0.25) is 0 Å². The van der Waals surface area contributed by atoms with Gasteiger partial charge in [0.1, 0.15) is 0 Å². The van der Waals surface area contributed by atoms with Gasteiger partial charge < -0.3 is 19.0 Å². The van der Waals surface area contributed by atoms with Crippen molar-refractivity contribution in [3.8, 4) is 11.5 Å². The van der Waals surface area contributed by atoms with Crippen molar-refractivity contribution in [2.45, 2.75) is 5.79 Å². The van der Waals surface area contributed by atoms with E-state index in [4.69, 9.17) is 13.9 Å². The van der Waals surface area contributed by atoms with Crippen molar-refractivity contribution in [2.24, 2.45) is 0 Å². The fraction of sp³-hybridized carbons (Fsp3) is 0.167. The molecule has 16 heavy (non-hydrogen) atoms. The van der Waals surface area contributed by atoms with E-state index < -0.39 is 5.79 Å². The molecule has 0 saturated carbocycles. The van der Waals surface area contributed by atoms with Gasteiger partial charge in [-0.2, -0.15) is 0 Å². The Balaban J connectivity index is 1.98. The van der Waals surface area contributed by atoms with Crippen molar-refractivity contribution >= 4 is 0 Å². The number of ether oxygens (including phenoxy) is 2. The number of rotatable bonds is 1. The SMILES string of the molecule is O[C@]1(c2ccco2)COc2ccccc2O1. The maximum Gasteiger partial charge on any atom is 0.302 e. The topological polar surface area (TPSA) is 51.8 Å². The maximum atomic E-state index is 10.2. The molecule has 1 N–H and O–H groups in total. The van der Waals surface area contributed by atoms with Crippen LogP contribution in [0.5, 0.6) is 11.5 Å². The van der Waals surface area contributed by atoms with Crippen LogP contribution in [0.25, 0.3) is 0 Å². The highest BCUT2D eigenvalue weighted by Crippen LogP contribution is 2.38. The summed E-state index contributed by atoms with van der Waals surface area (Å²) >= 11 is 0. The predicted octanol–water partition coefficient (Wildman–Crippen LogP) is 1.90. The molecule has 0 radical (unpaired) electrons. The molecule has 4 heteroatoms. The van der Waals surface area contributed by atoms with E-state index >= 15 is 0 Å². The number of fused-ring (bicyclic) bond motifs is 1. The third kappa shape index (κ3) is 1.35. The second-order valence-corrected chi connectivity index (χ2v) is 3.60. The third-order valence-electron chi connectivity index (χ3n) is 2.46. The number of aliphatic hydroxyl groups is 1. The minimum absolute atomic E-state index is 0.0114. The van der Waals surface area contributed by atoms with Gasteiger partial charge in [0.2, 0.25) is 0 Å². The lowest BCUT2D eigenvalue weighted by Crippen LogP contribution is -2.41. The molecule has 2 aromatic rings. The molecule has 1 aliphatic rings. The van der Waals surface area contributed by atoms with Crippen molar-refractivity contribution in [1.29, 1.82) is 0 Å². The van der Waals surface area contributed by atoms with Crippen LogP contribution < -0.4 is 9.47 Å². The highest BCUT2D eigenvalue weighted by molar-refractivity contribution is 5.41. The van der Waals surface area contributed by atoms with E-state index in [2.05, 4.69) is 0 Å². The first-order valence-corrected chi connectivity index (χ1v) is 4.95. The molecular weight excluding hydrogens is 208 g/mol. The summed E-state index contributed by atoms with van der Waals surface area (Å²) in [5, 5.41) is 10.2. The molecule has 0 amide bonds. The normalized spacial score (nSPS) is 23.1. The molecule has 0 aliphatic carbocycles. The van der Waals surface area contributed by atoms with Crippen molar-refractivity contribution < 1.29 is 19.0 Å². The molecule has 4 nitrogen and oxygen atoms in total. The van der Waals surface area contributed by atoms with Crippen LogP contribution in [0.15, 0.2) is 47.1 Å². The second kappa shape index (κ2) is 3.28. The first-order valence-electron chi connectivity index (χ1n) is 4.95. The van der Waals surface area contributed by atoms with Gasteiger partial charge in [-0.25, -0.2) is 0 Å². The monoisotopic (exact) mass is 218 g/mol. The molecule has 2 heterocycles. The summed E-state index contributed by atoms with van der Waals surface area (Å²) in [4.78, 5) is 0. The summed E-state index contributed by atoms with van der Waals surface area (Å²) in [6.07, 6.45) is 1.48. The third-order valence-corrected chi connectivity index (χ3v) is 2.46. The summed E-state index contributed by atoms with van der Waals surface area (Å²) in [5.41, 5.74) is 0. The fourth-order valence-electron chi connectivity index (χ4n) is 1.66. The number of hydrogen-bond donors (Lipinski definition) is 1. The second-order valence-electron chi connectivity index (χ2n) is 3.60. The molecule has 3 rings (SSSR count). The van der Waals surface area contributed by atoms with E-state index in [0.717, 1.165) is 0 Å². The van der Waals surface area contributed by atoms with Crippen molar-refractivity contribution in [3.05, 3.63) is 48.4 Å². The van der Waals surface area contributed by atoms with E-state index in [1.807, 2.05) is 12.1 Å². The van der Waals surface area contributed by atoms with Gasteiger partial charge in [-0.05, 0) is 24.3 Å². The average molecular weight is 218 g/mol. The molecule has 82 valence electrons. The summed E-state index contributed by atoms with van der Waals surface area (Å²) in [7, 11) is 0. The smallest absolute Gasteiger partial charge is 0.302 e. The highest BCUT2D eigenvalue weighted by Gasteiger charge is 2.40. The molecule has 0 bridgehead atoms. The van der Waals surface area contributed by atoms with Gasteiger partial charge in [0, 0.05) is 0 Å². The Morgan fingerprint density at radius 2 is 1.88 bits per heavy atom. The molecule has 1 atom stereocenters. The van der Waals surface area contributed by atoms with Gasteiger partial charge in [0.15, 0.2) is 23.9 Å². The Kier molecular flexibility index (Phi) is 1.91. The Bertz CT molecular complexity index is 491. The van der Waals surface area contributed by atoms with Gasteiger partial charge in [0.05, 0.1) is 6.26 Å². The Hall–Kier alpha value is -1.94. The first-order chi connectivity index (χ1) is 7.78. The van der Waals surface area contributed by atoms with Crippen LogP contribution in [-0.2, 0) is 5.79 Å². The van der Waals surface area contributed by atoms with Crippen LogP contribution in [0.1, 0.15) is 5.76 Å². The van der Waals surface area contributed by atoms with Crippen LogP contribution in [-0.4, -0.2) is 11.7 Å². The zero-order valence-corrected chi connectivity index (χ0v) is 8.42. The number of furan rings is 1. The Labute approximate surface area is 92.0 Å². The van der Waals surface area contributed by atoms with E-state index in [9.17, 15) is 5.11 Å². The predicted molar refractivity (Wildman–Crippen MR) is 55.2 cm³/mol. The van der Waals surface area contributed by atoms with Gasteiger partial charge in [-0.1, -0.05) is 12.1 Å². The number of hydrogen-bond acceptors (Lipinski definition) is 4. The van der Waals surface area contributed by atoms with E-state index in [1.54, 1.807) is 24.3 Å². The average Bonchev–Trinajstić information content (AvgIpc) is 2.83. The number of para-hydroxylation sites is 2. The zero-order chi connectivity index (χ0) is 11.0. The van der Waals surface area contributed by atoms with Crippen LogP contribution in [0.4, 0.5) is 0 Å². The first kappa shape index (κ1) is 9.30. The summed E-state index contributed by atoms with van der Waals surface area (Å²) in [6, 6.07) is 10.5. The minimum Gasteiger partial charge on any atom is -0.482 e. The molecule has 0 fully saturated rings. The van der Waals surface area contributed by atoms with Crippen molar-refractivity contribution in [3.63, 3.8) is 0 Å². The molecule has 1 aromatic heterocycles. The van der Waals surface area contributed by atoms with Gasteiger partial charge in [0.25, 0.3) is 0 Å². The lowest BCUT2D eigenvalue weighted by atomic mass is 10.2.